The van der Waals surface area contributed by atoms with Crippen molar-refractivity contribution in [1.29, 1.82) is 0 Å². The lowest BCUT2D eigenvalue weighted by molar-refractivity contribution is -0.0689. The van der Waals surface area contributed by atoms with Crippen LogP contribution in [0.2, 0.25) is 0 Å². The van der Waals surface area contributed by atoms with Gasteiger partial charge in [-0.3, -0.25) is 14.3 Å². The molecule has 0 unspecified atom stereocenters. The molecule has 1 aromatic heterocycles. The fraction of sp³-hybridized carbons (Fsp3) is 0.455. The summed E-state index contributed by atoms with van der Waals surface area (Å²) in [5.74, 6) is 0. The average molecular weight is 475 g/mol. The van der Waals surface area contributed by atoms with E-state index in [1.54, 1.807) is 22.6 Å². The Kier molecular flexibility index (Phi) is 5.05. The van der Waals surface area contributed by atoms with Gasteiger partial charge in [-0.2, -0.15) is 0 Å². The molecule has 1 aliphatic rings. The highest BCUT2D eigenvalue weighted by atomic mass is 127. The van der Waals surface area contributed by atoms with Crippen molar-refractivity contribution in [2.75, 3.05) is 6.61 Å². The number of ether oxygens (including phenoxy) is 1. The van der Waals surface area contributed by atoms with E-state index in [9.17, 15) is 19.8 Å². The lowest BCUT2D eigenvalue weighted by Gasteiger charge is -2.27. The summed E-state index contributed by atoms with van der Waals surface area (Å²) >= 11 is 4.68. The third-order valence-electron chi connectivity index (χ3n) is 3.11. The van der Waals surface area contributed by atoms with Crippen molar-refractivity contribution in [1.82, 2.24) is 9.55 Å². The highest BCUT2D eigenvalue weighted by molar-refractivity contribution is 14.1. The molecule has 1 aromatic rings. The largest absolute Gasteiger partial charge is 0.394 e. The standard InChI is InChI=1S/C11H12BrIN2O6/c12-2-1-5-3-15(10(20)14-9(5)19)11(13)8(18)7(17)6(4-16)21-11/h1-3,6-8,16-18H,4H2,(H,14,19,20)/t6-,7-,8-,11+/m1/s1. The predicted molar refractivity (Wildman–Crippen MR) is 85.3 cm³/mol. The Morgan fingerprint density at radius 1 is 1.52 bits per heavy atom. The van der Waals surface area contributed by atoms with Crippen molar-refractivity contribution < 1.29 is 20.1 Å². The van der Waals surface area contributed by atoms with Crippen LogP contribution in [0.5, 0.6) is 0 Å². The molecule has 8 nitrogen and oxygen atoms in total. The fourth-order valence-electron chi connectivity index (χ4n) is 2.01. The Balaban J connectivity index is 2.58. The van der Waals surface area contributed by atoms with Gasteiger partial charge in [-0.1, -0.05) is 15.9 Å². The first-order valence-electron chi connectivity index (χ1n) is 5.82. The van der Waals surface area contributed by atoms with Gasteiger partial charge >= 0.3 is 5.69 Å². The average Bonchev–Trinajstić information content (AvgIpc) is 2.67. The summed E-state index contributed by atoms with van der Waals surface area (Å²) in [7, 11) is 0. The number of nitrogens with zero attached hydrogens (tertiary/aromatic N) is 1. The van der Waals surface area contributed by atoms with E-state index in [1.165, 1.54) is 17.3 Å². The van der Waals surface area contributed by atoms with Crippen LogP contribution in [0.3, 0.4) is 0 Å². The zero-order chi connectivity index (χ0) is 15.8. The summed E-state index contributed by atoms with van der Waals surface area (Å²) in [6, 6.07) is 0. The van der Waals surface area contributed by atoms with Gasteiger partial charge in [0.15, 0.2) is 0 Å². The molecule has 0 radical (unpaired) electrons. The van der Waals surface area contributed by atoms with Crippen LogP contribution in [0, 0.1) is 0 Å². The van der Waals surface area contributed by atoms with Crippen molar-refractivity contribution in [2.24, 2.45) is 0 Å². The third-order valence-corrected chi connectivity index (χ3v) is 4.78. The van der Waals surface area contributed by atoms with Gasteiger partial charge < -0.3 is 20.1 Å². The fourth-order valence-corrected chi connectivity index (χ4v) is 3.35. The van der Waals surface area contributed by atoms with Gasteiger partial charge in [0.05, 0.1) is 12.2 Å². The van der Waals surface area contributed by atoms with Crippen molar-refractivity contribution in [2.45, 2.75) is 22.0 Å². The number of alkyl halides is 1. The zero-order valence-corrected chi connectivity index (χ0v) is 14.2. The number of aliphatic hydroxyl groups is 3. The van der Waals surface area contributed by atoms with E-state index in [1.807, 2.05) is 0 Å². The molecule has 4 N–H and O–H groups in total. The van der Waals surface area contributed by atoms with E-state index >= 15 is 0 Å². The van der Waals surface area contributed by atoms with Gasteiger partial charge in [0.25, 0.3) is 5.56 Å². The van der Waals surface area contributed by atoms with Crippen LogP contribution < -0.4 is 11.2 Å². The van der Waals surface area contributed by atoms with Crippen LogP contribution in [0.15, 0.2) is 20.8 Å². The van der Waals surface area contributed by atoms with Gasteiger partial charge in [-0.25, -0.2) is 4.79 Å². The number of aromatic nitrogens is 2. The van der Waals surface area contributed by atoms with Gasteiger partial charge in [0, 0.05) is 6.20 Å². The van der Waals surface area contributed by atoms with Crippen LogP contribution in [0.1, 0.15) is 5.56 Å². The molecule has 10 heteroatoms. The predicted octanol–water partition coefficient (Wildman–Crippen LogP) is -0.940. The Morgan fingerprint density at radius 3 is 2.71 bits per heavy atom. The van der Waals surface area contributed by atoms with Crippen LogP contribution in [-0.4, -0.2) is 49.8 Å². The van der Waals surface area contributed by atoms with Crippen LogP contribution >= 0.6 is 38.5 Å². The molecule has 0 amide bonds. The van der Waals surface area contributed by atoms with Crippen molar-refractivity contribution >= 4 is 44.6 Å². The zero-order valence-electron chi connectivity index (χ0n) is 10.4. The van der Waals surface area contributed by atoms with Crippen molar-refractivity contribution in [3.63, 3.8) is 0 Å². The van der Waals surface area contributed by atoms with Gasteiger partial charge in [0.2, 0.25) is 3.73 Å². The minimum Gasteiger partial charge on any atom is -0.394 e. The summed E-state index contributed by atoms with van der Waals surface area (Å²) in [5.41, 5.74) is -1.25. The molecule has 0 saturated carbocycles. The number of rotatable bonds is 3. The maximum atomic E-state index is 12.0. The second-order valence-electron chi connectivity index (χ2n) is 4.39. The minimum absolute atomic E-state index is 0.153. The quantitative estimate of drug-likeness (QED) is 0.331. The number of aromatic amines is 1. The Morgan fingerprint density at radius 2 is 2.19 bits per heavy atom. The molecule has 21 heavy (non-hydrogen) atoms. The molecule has 0 aliphatic carbocycles. The van der Waals surface area contributed by atoms with E-state index in [4.69, 9.17) is 9.84 Å². The molecular formula is C11H12BrIN2O6. The summed E-state index contributed by atoms with van der Waals surface area (Å²) in [6.07, 6.45) is -1.23. The SMILES string of the molecule is O=c1[nH]c(=O)n([C@]2(I)O[C@H](CO)[C@@H](O)[C@H]2O)cc1C=CBr. The molecular weight excluding hydrogens is 463 g/mol. The first-order valence-corrected chi connectivity index (χ1v) is 7.81. The molecule has 2 heterocycles. The molecule has 1 aliphatic heterocycles. The van der Waals surface area contributed by atoms with Crippen LogP contribution in [0.25, 0.3) is 6.08 Å². The first kappa shape index (κ1) is 16.8. The van der Waals surface area contributed by atoms with E-state index < -0.39 is 39.9 Å². The Bertz CT molecular complexity index is 673. The normalized spacial score (nSPS) is 32.9. The molecule has 0 aromatic carbocycles. The van der Waals surface area contributed by atoms with E-state index in [2.05, 4.69) is 20.9 Å². The van der Waals surface area contributed by atoms with Gasteiger partial charge in [-0.15, -0.1) is 0 Å². The van der Waals surface area contributed by atoms with Crippen molar-refractivity contribution in [3.05, 3.63) is 37.6 Å². The third kappa shape index (κ3) is 2.87. The molecule has 2 rings (SSSR count). The lowest BCUT2D eigenvalue weighted by atomic mass is 10.1. The number of halogens is 2. The van der Waals surface area contributed by atoms with E-state index in [-0.39, 0.29) is 5.56 Å². The first-order chi connectivity index (χ1) is 9.85. The maximum Gasteiger partial charge on any atom is 0.331 e. The van der Waals surface area contributed by atoms with Gasteiger partial charge in [0.1, 0.15) is 18.3 Å². The highest BCUT2D eigenvalue weighted by Gasteiger charge is 2.54. The number of aliphatic hydroxyl groups excluding tert-OH is 3. The minimum atomic E-state index is -1.64. The Hall–Kier alpha value is -0.530. The molecule has 1 fully saturated rings. The second-order valence-corrected chi connectivity index (χ2v) is 6.46. The molecule has 1 saturated heterocycles. The van der Waals surface area contributed by atoms with Gasteiger partial charge in [-0.05, 0) is 33.7 Å². The lowest BCUT2D eigenvalue weighted by Crippen LogP contribution is -2.47. The summed E-state index contributed by atoms with van der Waals surface area (Å²) < 4.78 is 4.74. The van der Waals surface area contributed by atoms with E-state index in [0.29, 0.717) is 0 Å². The second kappa shape index (κ2) is 6.30. The Labute approximate surface area is 140 Å². The molecule has 0 bridgehead atoms. The molecule has 116 valence electrons. The van der Waals surface area contributed by atoms with Crippen LogP contribution in [-0.2, 0) is 8.47 Å². The monoisotopic (exact) mass is 474 g/mol. The summed E-state index contributed by atoms with van der Waals surface area (Å²) in [4.78, 5) is 27.1. The topological polar surface area (TPSA) is 125 Å². The number of H-pyrrole nitrogens is 1. The number of nitrogens with one attached hydrogen (secondary N) is 1. The number of hydrogen-bond acceptors (Lipinski definition) is 6. The van der Waals surface area contributed by atoms with Crippen LogP contribution in [0.4, 0.5) is 0 Å². The summed E-state index contributed by atoms with van der Waals surface area (Å²) in [5, 5.41) is 29.1. The van der Waals surface area contributed by atoms with Crippen molar-refractivity contribution in [3.8, 4) is 0 Å². The molecule has 4 atom stereocenters. The molecule has 0 spiro atoms. The smallest absolute Gasteiger partial charge is 0.331 e. The maximum absolute atomic E-state index is 12.0. The van der Waals surface area contributed by atoms with E-state index in [0.717, 1.165) is 4.57 Å². The highest BCUT2D eigenvalue weighted by Crippen LogP contribution is 2.40. The summed E-state index contributed by atoms with van der Waals surface area (Å²) in [6.45, 7) is -0.519. The number of hydrogen-bond donors (Lipinski definition) is 4.